The van der Waals surface area contributed by atoms with Crippen molar-refractivity contribution in [3.8, 4) is 27.9 Å². The molecule has 4 nitrogen and oxygen atoms in total. The SMILES string of the molecule is CC(C)(C)c1ccc(Nc2cc3c(cc2-c2ccc4c5cc6oc7ccccc7c6cc5n5c4c2[B]c2cc4oc6ccccc6c4cc2-5)-c2ccccc2C3(C)C)cc1. The summed E-state index contributed by atoms with van der Waals surface area (Å²) in [4.78, 5) is 0. The van der Waals surface area contributed by atoms with Gasteiger partial charge in [-0.1, -0.05) is 125 Å². The minimum Gasteiger partial charge on any atom is -0.456 e. The fourth-order valence-electron chi connectivity index (χ4n) is 10.5. The molecule has 0 amide bonds. The predicted octanol–water partition coefficient (Wildman–Crippen LogP) is 13.6. The number of rotatable bonds is 3. The topological polar surface area (TPSA) is 43.2 Å². The molecule has 0 unspecified atom stereocenters. The van der Waals surface area contributed by atoms with Crippen molar-refractivity contribution in [1.29, 1.82) is 0 Å². The number of furan rings is 2. The zero-order valence-electron chi connectivity index (χ0n) is 34.2. The molecule has 1 N–H and O–H groups in total. The maximum absolute atomic E-state index is 6.53. The lowest BCUT2D eigenvalue weighted by Crippen LogP contribution is -2.37. The van der Waals surface area contributed by atoms with E-state index in [0.29, 0.717) is 0 Å². The number of benzene rings is 8. The zero-order valence-corrected chi connectivity index (χ0v) is 34.2. The van der Waals surface area contributed by atoms with Crippen molar-refractivity contribution in [2.24, 2.45) is 0 Å². The van der Waals surface area contributed by atoms with Crippen LogP contribution in [0.25, 0.3) is 93.6 Å². The highest BCUT2D eigenvalue weighted by Crippen LogP contribution is 2.52. The van der Waals surface area contributed by atoms with Crippen molar-refractivity contribution in [3.05, 3.63) is 162 Å². The predicted molar refractivity (Wildman–Crippen MR) is 252 cm³/mol. The van der Waals surface area contributed by atoms with Gasteiger partial charge >= 0.3 is 0 Å². The van der Waals surface area contributed by atoms with E-state index in [4.69, 9.17) is 8.83 Å². The van der Waals surface area contributed by atoms with Crippen LogP contribution in [0.5, 0.6) is 0 Å². The van der Waals surface area contributed by atoms with Crippen LogP contribution in [0, 0.1) is 0 Å². The molecule has 0 spiro atoms. The normalized spacial score (nSPS) is 14.0. The minimum absolute atomic E-state index is 0.0688. The van der Waals surface area contributed by atoms with Crippen LogP contribution < -0.4 is 16.2 Å². The Morgan fingerprint density at radius 1 is 0.533 bits per heavy atom. The van der Waals surface area contributed by atoms with Crippen LogP contribution in [0.2, 0.25) is 0 Å². The highest BCUT2D eigenvalue weighted by Gasteiger charge is 2.37. The van der Waals surface area contributed by atoms with Crippen molar-refractivity contribution in [3.63, 3.8) is 0 Å². The summed E-state index contributed by atoms with van der Waals surface area (Å²) >= 11 is 0. The molecule has 11 aromatic rings. The quantitative estimate of drug-likeness (QED) is 0.182. The van der Waals surface area contributed by atoms with Gasteiger partial charge in [-0.15, -0.1) is 0 Å². The van der Waals surface area contributed by atoms with E-state index in [1.165, 1.54) is 60.7 Å². The van der Waals surface area contributed by atoms with Crippen molar-refractivity contribution in [1.82, 2.24) is 4.57 Å². The van der Waals surface area contributed by atoms with Gasteiger partial charge in [0.2, 0.25) is 0 Å². The van der Waals surface area contributed by atoms with Crippen LogP contribution in [0.3, 0.4) is 0 Å². The number of nitrogens with zero attached hydrogens (tertiary/aromatic N) is 1. The molecule has 0 atom stereocenters. The van der Waals surface area contributed by atoms with Crippen LogP contribution in [0.1, 0.15) is 51.3 Å². The van der Waals surface area contributed by atoms with Gasteiger partial charge in [-0.25, -0.2) is 0 Å². The molecule has 8 aromatic carbocycles. The Bertz CT molecular complexity index is 3670. The van der Waals surface area contributed by atoms with Gasteiger partial charge in [-0.3, -0.25) is 0 Å². The van der Waals surface area contributed by atoms with Gasteiger partial charge < -0.3 is 18.7 Å². The van der Waals surface area contributed by atoms with Crippen LogP contribution in [0.4, 0.5) is 11.4 Å². The fraction of sp³-hybridized carbons (Fsp3) is 0.127. The average Bonchev–Trinajstić information content (AvgIpc) is 3.96. The number of aromatic nitrogens is 1. The van der Waals surface area contributed by atoms with Crippen LogP contribution in [-0.2, 0) is 10.8 Å². The minimum atomic E-state index is -0.147. The molecule has 285 valence electrons. The smallest absolute Gasteiger partial charge is 0.198 e. The third-order valence-electron chi connectivity index (χ3n) is 13.6. The largest absolute Gasteiger partial charge is 0.456 e. The molecule has 2 aliphatic rings. The van der Waals surface area contributed by atoms with Gasteiger partial charge in [0.05, 0.1) is 5.52 Å². The lowest BCUT2D eigenvalue weighted by Gasteiger charge is -2.26. The Hall–Kier alpha value is -6.98. The summed E-state index contributed by atoms with van der Waals surface area (Å²) in [5, 5.41) is 10.8. The number of hydrogen-bond donors (Lipinski definition) is 1. The van der Waals surface area contributed by atoms with Crippen molar-refractivity contribution < 1.29 is 8.83 Å². The molecule has 13 rings (SSSR count). The molecule has 0 bridgehead atoms. The average molecular weight is 772 g/mol. The van der Waals surface area contributed by atoms with Crippen LogP contribution in [-0.4, -0.2) is 11.8 Å². The molecule has 3 aromatic heterocycles. The van der Waals surface area contributed by atoms with E-state index in [1.54, 1.807) is 0 Å². The first-order valence-corrected chi connectivity index (χ1v) is 21.0. The number of anilines is 2. The molecule has 4 heterocycles. The summed E-state index contributed by atoms with van der Waals surface area (Å²) in [6, 6.07) is 53.3. The van der Waals surface area contributed by atoms with E-state index in [1.807, 2.05) is 12.1 Å². The molecule has 60 heavy (non-hydrogen) atoms. The lowest BCUT2D eigenvalue weighted by molar-refractivity contribution is 0.590. The van der Waals surface area contributed by atoms with Gasteiger partial charge in [0.25, 0.3) is 0 Å². The fourth-order valence-corrected chi connectivity index (χ4v) is 10.5. The maximum Gasteiger partial charge on any atom is 0.198 e. The Morgan fingerprint density at radius 3 is 1.97 bits per heavy atom. The van der Waals surface area contributed by atoms with E-state index < -0.39 is 0 Å². The van der Waals surface area contributed by atoms with Gasteiger partial charge in [0.1, 0.15) is 22.3 Å². The van der Waals surface area contributed by atoms with Crippen molar-refractivity contribution in [2.45, 2.75) is 45.4 Å². The van der Waals surface area contributed by atoms with E-state index in [0.717, 1.165) is 71.9 Å². The second kappa shape index (κ2) is 11.6. The Labute approximate surface area is 348 Å². The molecule has 0 fully saturated rings. The van der Waals surface area contributed by atoms with E-state index in [2.05, 4.69) is 185 Å². The molecular formula is C55H40BN2O2. The molecule has 0 saturated heterocycles. The highest BCUT2D eigenvalue weighted by molar-refractivity contribution is 6.73. The summed E-state index contributed by atoms with van der Waals surface area (Å²) in [6.45, 7) is 11.5. The molecule has 1 aliphatic heterocycles. The summed E-state index contributed by atoms with van der Waals surface area (Å²) in [5.74, 6) is 0. The van der Waals surface area contributed by atoms with E-state index >= 15 is 0 Å². The number of nitrogens with one attached hydrogen (secondary N) is 1. The second-order valence-electron chi connectivity index (χ2n) is 18.4. The van der Waals surface area contributed by atoms with Gasteiger partial charge in [-0.05, 0) is 105 Å². The second-order valence-corrected chi connectivity index (χ2v) is 18.4. The molecule has 0 saturated carbocycles. The number of para-hydroxylation sites is 2. The Kier molecular flexibility index (Phi) is 6.57. The van der Waals surface area contributed by atoms with E-state index in [-0.39, 0.29) is 10.8 Å². The standard InChI is InChI=1S/C55H40BN2O2/c1-54(2,3)30-18-20-31(21-19-30)57-45-28-43-37(32-12-6-9-15-42(32)55(43,4)5)24-38(45)35-22-23-36-39-27-50-40(33-13-7-10-16-48(33)59-50)25-46(39)58-47-26-41-34-14-8-11-17-49(34)60-51(41)29-44(47)56-52(35)53(36)58/h6-29,57H,1-5H3. The molecule has 1 aliphatic carbocycles. The Morgan fingerprint density at radius 2 is 1.22 bits per heavy atom. The molecule has 1 radical (unpaired) electrons. The number of hydrogen-bond acceptors (Lipinski definition) is 3. The van der Waals surface area contributed by atoms with Gasteiger partial charge in [-0.2, -0.15) is 0 Å². The first-order valence-electron chi connectivity index (χ1n) is 21.0. The summed E-state index contributed by atoms with van der Waals surface area (Å²) in [5.41, 5.74) is 20.4. The summed E-state index contributed by atoms with van der Waals surface area (Å²) in [6.07, 6.45) is 0. The van der Waals surface area contributed by atoms with Gasteiger partial charge in [0.15, 0.2) is 7.28 Å². The summed E-state index contributed by atoms with van der Waals surface area (Å²) < 4.78 is 15.5. The number of fused-ring (bicyclic) bond motifs is 14. The van der Waals surface area contributed by atoms with Crippen LogP contribution in [0.15, 0.2) is 154 Å². The zero-order chi connectivity index (χ0) is 40.2. The third kappa shape index (κ3) is 4.58. The van der Waals surface area contributed by atoms with Crippen molar-refractivity contribution >= 4 is 95.3 Å². The first kappa shape index (κ1) is 33.9. The van der Waals surface area contributed by atoms with Gasteiger partial charge in [0, 0.05) is 65.9 Å². The lowest BCUT2D eigenvalue weighted by atomic mass is 9.59. The maximum atomic E-state index is 6.53. The summed E-state index contributed by atoms with van der Waals surface area (Å²) in [7, 11) is 2.39. The monoisotopic (exact) mass is 771 g/mol. The van der Waals surface area contributed by atoms with Crippen molar-refractivity contribution in [2.75, 3.05) is 5.32 Å². The molecular weight excluding hydrogens is 731 g/mol. The first-order chi connectivity index (χ1) is 29.1. The van der Waals surface area contributed by atoms with E-state index in [9.17, 15) is 0 Å². The highest BCUT2D eigenvalue weighted by atomic mass is 16.3. The van der Waals surface area contributed by atoms with Crippen LogP contribution >= 0.6 is 0 Å². The Balaban J connectivity index is 1.11. The molecule has 5 heteroatoms. The third-order valence-corrected chi connectivity index (χ3v) is 13.6.